The first kappa shape index (κ1) is 38.2. The van der Waals surface area contributed by atoms with Crippen LogP contribution in [-0.2, 0) is 5.41 Å². The molecule has 2 unspecified atom stereocenters. The van der Waals surface area contributed by atoms with Gasteiger partial charge in [-0.25, -0.2) is 4.99 Å². The number of rotatable bonds is 11. The van der Waals surface area contributed by atoms with Crippen molar-refractivity contribution in [2.24, 2.45) is 22.6 Å². The molecule has 57 heavy (non-hydrogen) atoms. The zero-order valence-electron chi connectivity index (χ0n) is 32.9. The first-order valence-electron chi connectivity index (χ1n) is 20.5. The average molecular weight is 761 g/mol. The number of thiol groups is 1. The van der Waals surface area contributed by atoms with Crippen molar-refractivity contribution in [3.63, 3.8) is 0 Å². The van der Waals surface area contributed by atoms with Crippen LogP contribution in [-0.4, -0.2) is 11.6 Å². The van der Waals surface area contributed by atoms with Gasteiger partial charge in [-0.2, -0.15) is 12.6 Å². The number of hydrogen-bond acceptors (Lipinski definition) is 2. The fourth-order valence-corrected chi connectivity index (χ4v) is 9.73. The van der Waals surface area contributed by atoms with Gasteiger partial charge in [0.25, 0.3) is 0 Å². The normalized spacial score (nSPS) is 19.6. The van der Waals surface area contributed by atoms with Crippen molar-refractivity contribution in [3.05, 3.63) is 227 Å². The Hall–Kier alpha value is -5.64. The Morgan fingerprint density at radius 3 is 2.14 bits per heavy atom. The molecule has 2 nitrogen and oxygen atoms in total. The van der Waals surface area contributed by atoms with Gasteiger partial charge in [-0.1, -0.05) is 190 Å². The molecule has 3 aliphatic carbocycles. The molecule has 0 amide bonds. The molecule has 8 rings (SSSR count). The minimum absolute atomic E-state index is 0.196. The monoisotopic (exact) mass is 760 g/mol. The van der Waals surface area contributed by atoms with Gasteiger partial charge < -0.3 is 5.73 Å². The second kappa shape index (κ2) is 17.2. The van der Waals surface area contributed by atoms with Gasteiger partial charge >= 0.3 is 0 Å². The van der Waals surface area contributed by atoms with E-state index >= 15 is 0 Å². The molecule has 2 N–H and O–H groups in total. The molecule has 1 fully saturated rings. The molecule has 0 spiro atoms. The summed E-state index contributed by atoms with van der Waals surface area (Å²) in [6.07, 6.45) is 21.2. The number of benzene rings is 5. The van der Waals surface area contributed by atoms with E-state index in [-0.39, 0.29) is 17.3 Å². The molecule has 2 atom stereocenters. The third-order valence-corrected chi connectivity index (χ3v) is 12.6. The quantitative estimate of drug-likeness (QED) is 0.0598. The smallest absolute Gasteiger partial charge is 0.103 e. The summed E-state index contributed by atoms with van der Waals surface area (Å²) < 4.78 is 0. The largest absolute Gasteiger partial charge is 0.387 e. The third-order valence-electron chi connectivity index (χ3n) is 12.3. The summed E-state index contributed by atoms with van der Waals surface area (Å²) in [5.41, 5.74) is 20.6. The summed E-state index contributed by atoms with van der Waals surface area (Å²) >= 11 is 4.37. The van der Waals surface area contributed by atoms with E-state index in [1.807, 2.05) is 13.0 Å². The number of nitrogens with two attached hydrogens (primary N) is 1. The van der Waals surface area contributed by atoms with Crippen LogP contribution < -0.4 is 5.73 Å². The van der Waals surface area contributed by atoms with Gasteiger partial charge in [-0.15, -0.1) is 0 Å². The second-order valence-electron chi connectivity index (χ2n) is 15.6. The number of allylic oxidation sites excluding steroid dienone is 9. The number of amidine groups is 1. The Balaban J connectivity index is 1.15. The average Bonchev–Trinajstić information content (AvgIpc) is 3.59. The second-order valence-corrected chi connectivity index (χ2v) is 15.9. The predicted molar refractivity (Wildman–Crippen MR) is 246 cm³/mol. The molecule has 0 aliphatic heterocycles. The predicted octanol–water partition coefficient (Wildman–Crippen LogP) is 13.3. The minimum atomic E-state index is -0.316. The standard InChI is InChI=1S/C54H52N2S/c1-3-39(22-17-35-57)38(2)36-51(56-53(55)42-18-7-4-8-19-42)41-33-31-40(32-34-41)43-20-15-21-44(37-43)47-28-16-30-50-52(47)48-27-13-14-29-49(48)54(50,45-23-9-5-10-24-45)46-25-11-6-12-26-46/h3,5-6,9-17,20-34,36-37,42,50,52,57H,2,4,7-8,18-19,35H2,1H3,(H2,55,56)/b22-17-,39-3+,51-36-. The van der Waals surface area contributed by atoms with Gasteiger partial charge in [0, 0.05) is 29.1 Å². The van der Waals surface area contributed by atoms with E-state index in [2.05, 4.69) is 189 Å². The number of fused-ring (bicyclic) bond motifs is 3. The zero-order chi connectivity index (χ0) is 39.2. The number of hydrogen-bond donors (Lipinski definition) is 2. The molecular weight excluding hydrogens is 709 g/mol. The summed E-state index contributed by atoms with van der Waals surface area (Å²) in [4.78, 5) is 5.10. The molecule has 5 aromatic carbocycles. The Bertz CT molecular complexity index is 2360. The third kappa shape index (κ3) is 7.49. The van der Waals surface area contributed by atoms with Gasteiger partial charge in [0.1, 0.15) is 5.84 Å². The van der Waals surface area contributed by atoms with Gasteiger partial charge in [0.15, 0.2) is 0 Å². The SMILES string of the molecule is C=C(/C=C(\N=C(N)C1CCCCC1)c1ccc(-c2cccc(C3=CC=CC4C3c3ccccc3C4(c3ccccc3)c3ccccc3)c2)cc1)C(/C=C\CS)=C/C. The molecule has 0 aromatic heterocycles. The van der Waals surface area contributed by atoms with Crippen LogP contribution in [0.15, 0.2) is 199 Å². The van der Waals surface area contributed by atoms with Crippen LogP contribution in [0.25, 0.3) is 22.4 Å². The lowest BCUT2D eigenvalue weighted by molar-refractivity contribution is 0.437. The van der Waals surface area contributed by atoms with Crippen molar-refractivity contribution in [1.82, 2.24) is 0 Å². The molecule has 0 saturated heterocycles. The molecular formula is C54H52N2S. The highest BCUT2D eigenvalue weighted by Crippen LogP contribution is 2.62. The fourth-order valence-electron chi connectivity index (χ4n) is 9.63. The van der Waals surface area contributed by atoms with Crippen molar-refractivity contribution in [2.75, 3.05) is 5.75 Å². The maximum absolute atomic E-state index is 6.74. The van der Waals surface area contributed by atoms with Crippen LogP contribution in [0, 0.1) is 11.8 Å². The highest BCUT2D eigenvalue weighted by molar-refractivity contribution is 7.80. The van der Waals surface area contributed by atoms with Crippen molar-refractivity contribution in [1.29, 1.82) is 0 Å². The van der Waals surface area contributed by atoms with Crippen molar-refractivity contribution < 1.29 is 0 Å². The van der Waals surface area contributed by atoms with Gasteiger partial charge in [-0.3, -0.25) is 0 Å². The maximum Gasteiger partial charge on any atom is 0.103 e. The summed E-state index contributed by atoms with van der Waals surface area (Å²) in [5.74, 6) is 2.12. The van der Waals surface area contributed by atoms with Crippen LogP contribution in [0.1, 0.15) is 78.3 Å². The van der Waals surface area contributed by atoms with Gasteiger partial charge in [0.2, 0.25) is 0 Å². The lowest BCUT2D eigenvalue weighted by Crippen LogP contribution is -2.35. The summed E-state index contributed by atoms with van der Waals surface area (Å²) in [6.45, 7) is 6.46. The van der Waals surface area contributed by atoms with E-state index in [1.165, 1.54) is 58.2 Å². The minimum Gasteiger partial charge on any atom is -0.387 e. The molecule has 3 aliphatic rings. The lowest BCUT2D eigenvalue weighted by Gasteiger charge is -2.40. The fraction of sp³-hybridized carbons (Fsp3) is 0.204. The van der Waals surface area contributed by atoms with E-state index in [1.54, 1.807) is 0 Å². The molecule has 3 heteroatoms. The van der Waals surface area contributed by atoms with Crippen LogP contribution >= 0.6 is 12.6 Å². The zero-order valence-corrected chi connectivity index (χ0v) is 33.8. The maximum atomic E-state index is 6.74. The van der Waals surface area contributed by atoms with Crippen LogP contribution in [0.4, 0.5) is 0 Å². The summed E-state index contributed by atoms with van der Waals surface area (Å²) in [6, 6.07) is 49.2. The molecule has 0 bridgehead atoms. The molecule has 284 valence electrons. The highest BCUT2D eigenvalue weighted by Gasteiger charge is 2.54. The van der Waals surface area contributed by atoms with Crippen molar-refractivity contribution in [3.8, 4) is 11.1 Å². The first-order valence-corrected chi connectivity index (χ1v) is 21.1. The van der Waals surface area contributed by atoms with E-state index in [0.717, 1.165) is 46.6 Å². The molecule has 1 saturated carbocycles. The van der Waals surface area contributed by atoms with Crippen LogP contribution in [0.5, 0.6) is 0 Å². The van der Waals surface area contributed by atoms with Crippen LogP contribution in [0.3, 0.4) is 0 Å². The first-order chi connectivity index (χ1) is 28.0. The van der Waals surface area contributed by atoms with Crippen LogP contribution in [0.2, 0.25) is 0 Å². The topological polar surface area (TPSA) is 38.4 Å². The lowest BCUT2D eigenvalue weighted by atomic mass is 9.62. The van der Waals surface area contributed by atoms with E-state index < -0.39 is 0 Å². The number of nitrogens with zero attached hydrogens (tertiary/aromatic N) is 1. The Labute approximate surface area is 345 Å². The van der Waals surface area contributed by atoms with E-state index in [0.29, 0.717) is 11.7 Å². The van der Waals surface area contributed by atoms with E-state index in [4.69, 9.17) is 10.7 Å². The van der Waals surface area contributed by atoms with Gasteiger partial charge in [0.05, 0.1) is 11.1 Å². The highest BCUT2D eigenvalue weighted by atomic mass is 32.1. The molecule has 5 aromatic rings. The van der Waals surface area contributed by atoms with E-state index in [9.17, 15) is 0 Å². The summed E-state index contributed by atoms with van der Waals surface area (Å²) in [7, 11) is 0. The van der Waals surface area contributed by atoms with Crippen molar-refractivity contribution in [2.45, 2.75) is 50.4 Å². The van der Waals surface area contributed by atoms with Crippen molar-refractivity contribution >= 4 is 29.7 Å². The Kier molecular flexibility index (Phi) is 11.6. The Morgan fingerprint density at radius 1 is 0.789 bits per heavy atom. The van der Waals surface area contributed by atoms with Gasteiger partial charge in [-0.05, 0) is 87.6 Å². The molecule has 0 radical (unpaired) electrons. The number of aliphatic imine (C=N–C) groups is 1. The summed E-state index contributed by atoms with van der Waals surface area (Å²) in [5, 5.41) is 0. The molecule has 0 heterocycles. The Morgan fingerprint density at radius 2 is 1.46 bits per heavy atom.